The first-order valence-corrected chi connectivity index (χ1v) is 6.54. The number of likely N-dealkylation sites (tertiary alicyclic amines) is 1. The second kappa shape index (κ2) is 6.52. The summed E-state index contributed by atoms with van der Waals surface area (Å²) in [6, 6.07) is 10.3. The molecule has 1 saturated heterocycles. The summed E-state index contributed by atoms with van der Waals surface area (Å²) in [5.41, 5.74) is 6.82. The molecule has 0 spiro atoms. The van der Waals surface area contributed by atoms with Crippen LogP contribution in [-0.2, 0) is 11.3 Å². The van der Waals surface area contributed by atoms with Gasteiger partial charge in [0.25, 0.3) is 0 Å². The summed E-state index contributed by atoms with van der Waals surface area (Å²) >= 11 is 0. The molecule has 0 radical (unpaired) electrons. The Balaban J connectivity index is 1.75. The van der Waals surface area contributed by atoms with Crippen LogP contribution in [0, 0.1) is 0 Å². The summed E-state index contributed by atoms with van der Waals surface area (Å²) < 4.78 is 0. The van der Waals surface area contributed by atoms with E-state index in [1.807, 2.05) is 30.3 Å². The van der Waals surface area contributed by atoms with Crippen molar-refractivity contribution in [2.75, 3.05) is 19.6 Å². The van der Waals surface area contributed by atoms with Crippen molar-refractivity contribution in [3.05, 3.63) is 35.9 Å². The topological polar surface area (TPSA) is 58.4 Å². The molecule has 3 N–H and O–H groups in total. The van der Waals surface area contributed by atoms with E-state index in [0.29, 0.717) is 25.7 Å². The smallest absolute Gasteiger partial charge is 0.234 e. The van der Waals surface area contributed by atoms with Crippen molar-refractivity contribution in [1.29, 1.82) is 0 Å². The number of amides is 1. The van der Waals surface area contributed by atoms with Crippen LogP contribution in [0.15, 0.2) is 30.3 Å². The van der Waals surface area contributed by atoms with E-state index in [1.165, 1.54) is 0 Å². The lowest BCUT2D eigenvalue weighted by atomic mass is 10.2. The maximum atomic E-state index is 11.8. The van der Waals surface area contributed by atoms with E-state index in [9.17, 15) is 4.79 Å². The Bertz CT molecular complexity index is 380. The Morgan fingerprint density at radius 3 is 2.89 bits per heavy atom. The van der Waals surface area contributed by atoms with Gasteiger partial charge in [-0.1, -0.05) is 30.3 Å². The van der Waals surface area contributed by atoms with E-state index in [1.54, 1.807) is 0 Å². The number of hydrogen-bond acceptors (Lipinski definition) is 3. The second-order valence-electron chi connectivity index (χ2n) is 4.76. The first kappa shape index (κ1) is 13.1. The van der Waals surface area contributed by atoms with Gasteiger partial charge < -0.3 is 11.1 Å². The molecule has 4 nitrogen and oxygen atoms in total. The van der Waals surface area contributed by atoms with Gasteiger partial charge in [0.15, 0.2) is 0 Å². The van der Waals surface area contributed by atoms with Crippen molar-refractivity contribution in [1.82, 2.24) is 10.2 Å². The first-order chi connectivity index (χ1) is 8.79. The van der Waals surface area contributed by atoms with Crippen LogP contribution in [0.2, 0.25) is 0 Å². The molecule has 1 heterocycles. The number of carbonyl (C=O) groups excluding carboxylic acids is 1. The third-order valence-corrected chi connectivity index (χ3v) is 3.45. The quantitative estimate of drug-likeness (QED) is 0.806. The molecule has 1 aromatic carbocycles. The maximum absolute atomic E-state index is 11.8. The highest BCUT2D eigenvalue weighted by Gasteiger charge is 2.24. The molecule has 0 aromatic heterocycles. The summed E-state index contributed by atoms with van der Waals surface area (Å²) in [7, 11) is 0. The van der Waals surface area contributed by atoms with Gasteiger partial charge in [-0.3, -0.25) is 9.69 Å². The van der Waals surface area contributed by atoms with Crippen LogP contribution in [0.3, 0.4) is 0 Å². The lowest BCUT2D eigenvalue weighted by Crippen LogP contribution is -2.42. The molecule has 4 heteroatoms. The number of nitrogens with one attached hydrogen (secondary N) is 1. The van der Waals surface area contributed by atoms with Gasteiger partial charge in [-0.15, -0.1) is 0 Å². The van der Waals surface area contributed by atoms with Gasteiger partial charge in [0.05, 0.1) is 6.54 Å². The number of rotatable bonds is 5. The fourth-order valence-electron chi connectivity index (χ4n) is 2.41. The van der Waals surface area contributed by atoms with Crippen LogP contribution < -0.4 is 11.1 Å². The Morgan fingerprint density at radius 1 is 1.39 bits per heavy atom. The monoisotopic (exact) mass is 247 g/mol. The van der Waals surface area contributed by atoms with Crippen LogP contribution in [0.1, 0.15) is 18.4 Å². The normalized spacial score (nSPS) is 19.9. The van der Waals surface area contributed by atoms with Crippen LogP contribution in [0.5, 0.6) is 0 Å². The maximum Gasteiger partial charge on any atom is 0.234 e. The van der Waals surface area contributed by atoms with Gasteiger partial charge in [0.1, 0.15) is 0 Å². The van der Waals surface area contributed by atoms with Gasteiger partial charge in [-0.05, 0) is 24.9 Å². The summed E-state index contributed by atoms with van der Waals surface area (Å²) in [6.45, 7) is 2.70. The van der Waals surface area contributed by atoms with Crippen LogP contribution in [-0.4, -0.2) is 36.5 Å². The molecule has 1 aliphatic heterocycles. The zero-order valence-electron chi connectivity index (χ0n) is 10.6. The van der Waals surface area contributed by atoms with Crippen molar-refractivity contribution < 1.29 is 4.79 Å². The Hall–Kier alpha value is -1.39. The number of benzene rings is 1. The second-order valence-corrected chi connectivity index (χ2v) is 4.76. The van der Waals surface area contributed by atoms with E-state index in [0.717, 1.165) is 24.9 Å². The first-order valence-electron chi connectivity index (χ1n) is 6.54. The minimum atomic E-state index is 0.0826. The molecule has 1 atom stereocenters. The predicted octanol–water partition coefficient (Wildman–Crippen LogP) is 0.726. The highest BCUT2D eigenvalue weighted by molar-refractivity contribution is 5.78. The number of hydrogen-bond donors (Lipinski definition) is 2. The SMILES string of the molecule is NCC1CCCN1CC(=O)NCc1ccccc1. The average Bonchev–Trinajstić information content (AvgIpc) is 2.85. The molecule has 0 bridgehead atoms. The molecule has 18 heavy (non-hydrogen) atoms. The summed E-state index contributed by atoms with van der Waals surface area (Å²) in [5.74, 6) is 0.0826. The molecule has 1 amide bonds. The van der Waals surface area contributed by atoms with Crippen molar-refractivity contribution >= 4 is 5.91 Å². The molecular weight excluding hydrogens is 226 g/mol. The van der Waals surface area contributed by atoms with E-state index in [4.69, 9.17) is 5.73 Å². The third-order valence-electron chi connectivity index (χ3n) is 3.45. The molecule has 1 unspecified atom stereocenters. The van der Waals surface area contributed by atoms with Crippen molar-refractivity contribution in [2.45, 2.75) is 25.4 Å². The van der Waals surface area contributed by atoms with Gasteiger partial charge in [0, 0.05) is 19.1 Å². The molecule has 1 fully saturated rings. The number of nitrogens with zero attached hydrogens (tertiary/aromatic N) is 1. The van der Waals surface area contributed by atoms with Crippen molar-refractivity contribution in [3.63, 3.8) is 0 Å². The number of carbonyl (C=O) groups is 1. The Labute approximate surface area is 108 Å². The predicted molar refractivity (Wildman–Crippen MR) is 71.9 cm³/mol. The van der Waals surface area contributed by atoms with Crippen LogP contribution >= 0.6 is 0 Å². The zero-order chi connectivity index (χ0) is 12.8. The standard InChI is InChI=1S/C14H21N3O/c15-9-13-7-4-8-17(13)11-14(18)16-10-12-5-2-1-3-6-12/h1-3,5-6,13H,4,7-11,15H2,(H,16,18). The zero-order valence-corrected chi connectivity index (χ0v) is 10.6. The average molecular weight is 247 g/mol. The van der Waals surface area contributed by atoms with Gasteiger partial charge in [0.2, 0.25) is 5.91 Å². The van der Waals surface area contributed by atoms with Gasteiger partial charge >= 0.3 is 0 Å². The fourth-order valence-corrected chi connectivity index (χ4v) is 2.41. The summed E-state index contributed by atoms with van der Waals surface area (Å²) in [5, 5.41) is 2.95. The minimum absolute atomic E-state index is 0.0826. The number of nitrogens with two attached hydrogens (primary N) is 1. The summed E-state index contributed by atoms with van der Waals surface area (Å²) in [6.07, 6.45) is 2.26. The lowest BCUT2D eigenvalue weighted by molar-refractivity contribution is -0.122. The Kier molecular flexibility index (Phi) is 4.73. The molecule has 0 aliphatic carbocycles. The van der Waals surface area contributed by atoms with E-state index < -0.39 is 0 Å². The highest BCUT2D eigenvalue weighted by Crippen LogP contribution is 2.15. The van der Waals surface area contributed by atoms with Crippen molar-refractivity contribution in [3.8, 4) is 0 Å². The van der Waals surface area contributed by atoms with Gasteiger partial charge in [-0.25, -0.2) is 0 Å². The minimum Gasteiger partial charge on any atom is -0.351 e. The van der Waals surface area contributed by atoms with E-state index >= 15 is 0 Å². The van der Waals surface area contributed by atoms with Crippen LogP contribution in [0.4, 0.5) is 0 Å². The van der Waals surface area contributed by atoms with Crippen LogP contribution in [0.25, 0.3) is 0 Å². The fraction of sp³-hybridized carbons (Fsp3) is 0.500. The molecule has 2 rings (SSSR count). The van der Waals surface area contributed by atoms with Crippen molar-refractivity contribution in [2.24, 2.45) is 5.73 Å². The molecule has 98 valence electrons. The molecule has 1 aliphatic rings. The highest BCUT2D eigenvalue weighted by atomic mass is 16.2. The molecular formula is C14H21N3O. The third kappa shape index (κ3) is 3.55. The lowest BCUT2D eigenvalue weighted by Gasteiger charge is -2.22. The Morgan fingerprint density at radius 2 is 2.17 bits per heavy atom. The van der Waals surface area contributed by atoms with Gasteiger partial charge in [-0.2, -0.15) is 0 Å². The van der Waals surface area contributed by atoms with E-state index in [-0.39, 0.29) is 5.91 Å². The summed E-state index contributed by atoms with van der Waals surface area (Å²) in [4.78, 5) is 14.0. The largest absolute Gasteiger partial charge is 0.351 e. The van der Waals surface area contributed by atoms with E-state index in [2.05, 4.69) is 10.2 Å². The molecule has 1 aromatic rings. The molecule has 0 saturated carbocycles.